The molecule has 0 spiro atoms. The molecule has 4 N–H and O–H groups in total. The molecular formula is C12H19F3N4O. The van der Waals surface area contributed by atoms with Crippen LogP contribution in [-0.4, -0.2) is 24.7 Å². The molecule has 0 atom stereocenters. The summed E-state index contributed by atoms with van der Waals surface area (Å²) in [5.74, 6) is 5.20. The molecule has 0 fully saturated rings. The van der Waals surface area contributed by atoms with Crippen LogP contribution >= 0.6 is 0 Å². The highest BCUT2D eigenvalue weighted by atomic mass is 19.4. The van der Waals surface area contributed by atoms with Gasteiger partial charge in [0.2, 0.25) is 0 Å². The molecule has 0 bridgehead atoms. The maximum Gasteiger partial charge on any atom is 0.416 e. The summed E-state index contributed by atoms with van der Waals surface area (Å²) in [6, 6.07) is 1.81. The van der Waals surface area contributed by atoms with Gasteiger partial charge in [-0.15, -0.1) is 0 Å². The molecule has 0 aliphatic rings. The molecular weight excluding hydrogens is 273 g/mol. The number of pyridine rings is 1. The van der Waals surface area contributed by atoms with E-state index in [9.17, 15) is 13.2 Å². The van der Waals surface area contributed by atoms with E-state index in [0.717, 1.165) is 18.6 Å². The lowest BCUT2D eigenvalue weighted by Gasteiger charge is -2.12. The third kappa shape index (κ3) is 5.62. The van der Waals surface area contributed by atoms with E-state index in [1.807, 2.05) is 6.92 Å². The van der Waals surface area contributed by atoms with Crippen molar-refractivity contribution in [1.82, 2.24) is 4.98 Å². The molecule has 0 aliphatic heterocycles. The highest BCUT2D eigenvalue weighted by Crippen LogP contribution is 2.31. The van der Waals surface area contributed by atoms with Gasteiger partial charge >= 0.3 is 6.18 Å². The summed E-state index contributed by atoms with van der Waals surface area (Å²) in [5, 5.41) is 2.82. The van der Waals surface area contributed by atoms with Gasteiger partial charge < -0.3 is 15.5 Å². The fourth-order valence-electron chi connectivity index (χ4n) is 1.50. The van der Waals surface area contributed by atoms with Crippen molar-refractivity contribution in [3.8, 4) is 0 Å². The van der Waals surface area contributed by atoms with Crippen molar-refractivity contribution >= 4 is 11.6 Å². The molecule has 0 unspecified atom stereocenters. The SMILES string of the molecule is CCCOCCCNc1cc(C(F)(F)F)cc(NN)n1. The first kappa shape index (κ1) is 16.5. The van der Waals surface area contributed by atoms with Crippen molar-refractivity contribution in [3.63, 3.8) is 0 Å². The van der Waals surface area contributed by atoms with Gasteiger partial charge in [-0.05, 0) is 25.0 Å². The number of anilines is 2. The summed E-state index contributed by atoms with van der Waals surface area (Å²) in [6.07, 6.45) is -2.81. The fourth-order valence-corrected chi connectivity index (χ4v) is 1.50. The molecule has 0 aliphatic carbocycles. The number of alkyl halides is 3. The van der Waals surface area contributed by atoms with E-state index in [4.69, 9.17) is 10.6 Å². The maximum atomic E-state index is 12.7. The lowest BCUT2D eigenvalue weighted by Crippen LogP contribution is -2.14. The summed E-state index contributed by atoms with van der Waals surface area (Å²) in [4.78, 5) is 3.91. The molecule has 0 saturated carbocycles. The van der Waals surface area contributed by atoms with E-state index in [1.54, 1.807) is 0 Å². The van der Waals surface area contributed by atoms with Crippen molar-refractivity contribution in [2.45, 2.75) is 25.9 Å². The minimum Gasteiger partial charge on any atom is -0.381 e. The van der Waals surface area contributed by atoms with Crippen LogP contribution in [0.5, 0.6) is 0 Å². The summed E-state index contributed by atoms with van der Waals surface area (Å²) < 4.78 is 43.3. The third-order valence-corrected chi connectivity index (χ3v) is 2.42. The van der Waals surface area contributed by atoms with Crippen LogP contribution < -0.4 is 16.6 Å². The highest BCUT2D eigenvalue weighted by Gasteiger charge is 2.31. The Morgan fingerprint density at radius 2 is 1.95 bits per heavy atom. The summed E-state index contributed by atoms with van der Waals surface area (Å²) >= 11 is 0. The van der Waals surface area contributed by atoms with Crippen molar-refractivity contribution in [3.05, 3.63) is 17.7 Å². The third-order valence-electron chi connectivity index (χ3n) is 2.42. The standard InChI is InChI=1S/C12H19F3N4O/c1-2-5-20-6-3-4-17-10-7-9(12(13,14)15)8-11(18-10)19-16/h7-8H,2-6,16H2,1H3,(H2,17,18,19). The zero-order valence-electron chi connectivity index (χ0n) is 11.3. The number of aromatic nitrogens is 1. The number of ether oxygens (including phenoxy) is 1. The van der Waals surface area contributed by atoms with Crippen LogP contribution in [0.1, 0.15) is 25.3 Å². The van der Waals surface area contributed by atoms with Crippen LogP contribution in [0.3, 0.4) is 0 Å². The first-order chi connectivity index (χ1) is 9.47. The number of nitrogens with zero attached hydrogens (tertiary/aromatic N) is 1. The minimum absolute atomic E-state index is 0.0374. The lowest BCUT2D eigenvalue weighted by molar-refractivity contribution is -0.137. The van der Waals surface area contributed by atoms with E-state index < -0.39 is 11.7 Å². The molecule has 0 radical (unpaired) electrons. The molecule has 5 nitrogen and oxygen atoms in total. The Kier molecular flexibility index (Phi) is 6.53. The quantitative estimate of drug-likeness (QED) is 0.390. The largest absolute Gasteiger partial charge is 0.416 e. The predicted octanol–water partition coefficient (Wildman–Crippen LogP) is 2.61. The summed E-state index contributed by atoms with van der Waals surface area (Å²) in [6.45, 7) is 3.72. The number of nitrogens with one attached hydrogen (secondary N) is 2. The number of halogens is 3. The van der Waals surface area contributed by atoms with Crippen LogP contribution in [0.25, 0.3) is 0 Å². The zero-order valence-corrected chi connectivity index (χ0v) is 11.3. The fraction of sp³-hybridized carbons (Fsp3) is 0.583. The summed E-state index contributed by atoms with van der Waals surface area (Å²) in [5.41, 5.74) is 1.32. The lowest BCUT2D eigenvalue weighted by atomic mass is 10.2. The molecule has 1 rings (SSSR count). The molecule has 1 heterocycles. The second-order valence-corrected chi connectivity index (χ2v) is 4.16. The summed E-state index contributed by atoms with van der Waals surface area (Å²) in [7, 11) is 0. The molecule has 20 heavy (non-hydrogen) atoms. The number of nitrogens with two attached hydrogens (primary N) is 1. The Morgan fingerprint density at radius 3 is 2.55 bits per heavy atom. The van der Waals surface area contributed by atoms with E-state index in [-0.39, 0.29) is 11.6 Å². The molecule has 0 aromatic carbocycles. The van der Waals surface area contributed by atoms with Crippen molar-refractivity contribution in [2.24, 2.45) is 5.84 Å². The first-order valence-electron chi connectivity index (χ1n) is 6.35. The number of hydrogen-bond acceptors (Lipinski definition) is 5. The maximum absolute atomic E-state index is 12.7. The van der Waals surface area contributed by atoms with E-state index in [2.05, 4.69) is 15.7 Å². The molecule has 0 amide bonds. The van der Waals surface area contributed by atoms with Gasteiger partial charge in [-0.25, -0.2) is 10.8 Å². The van der Waals surface area contributed by atoms with Crippen LogP contribution in [-0.2, 0) is 10.9 Å². The Labute approximate surface area is 115 Å². The second kappa shape index (κ2) is 7.91. The molecule has 114 valence electrons. The minimum atomic E-state index is -4.44. The highest BCUT2D eigenvalue weighted by molar-refractivity contribution is 5.49. The Hall–Kier alpha value is -1.54. The van der Waals surface area contributed by atoms with E-state index in [1.165, 1.54) is 0 Å². The molecule has 8 heteroatoms. The molecule has 1 aromatic heterocycles. The number of hydrazine groups is 1. The van der Waals surface area contributed by atoms with Crippen LogP contribution in [0, 0.1) is 0 Å². The van der Waals surface area contributed by atoms with Crippen LogP contribution in [0.4, 0.5) is 24.8 Å². The smallest absolute Gasteiger partial charge is 0.381 e. The average molecular weight is 292 g/mol. The van der Waals surface area contributed by atoms with Crippen LogP contribution in [0.2, 0.25) is 0 Å². The molecule has 0 saturated heterocycles. The van der Waals surface area contributed by atoms with Gasteiger partial charge in [0.05, 0.1) is 5.56 Å². The van der Waals surface area contributed by atoms with Crippen molar-refractivity contribution in [2.75, 3.05) is 30.5 Å². The van der Waals surface area contributed by atoms with Gasteiger partial charge in [0, 0.05) is 19.8 Å². The number of hydrogen-bond donors (Lipinski definition) is 3. The van der Waals surface area contributed by atoms with Crippen LogP contribution in [0.15, 0.2) is 12.1 Å². The number of nitrogen functional groups attached to an aromatic ring is 1. The number of rotatable bonds is 8. The van der Waals surface area contributed by atoms with Gasteiger partial charge in [-0.1, -0.05) is 6.92 Å². The monoisotopic (exact) mass is 292 g/mol. The van der Waals surface area contributed by atoms with Gasteiger partial charge in [-0.2, -0.15) is 13.2 Å². The van der Waals surface area contributed by atoms with E-state index in [0.29, 0.717) is 26.2 Å². The Morgan fingerprint density at radius 1 is 1.25 bits per heavy atom. The topological polar surface area (TPSA) is 72.2 Å². The zero-order chi connectivity index (χ0) is 15.0. The Bertz CT molecular complexity index is 412. The molecule has 1 aromatic rings. The second-order valence-electron chi connectivity index (χ2n) is 4.16. The van der Waals surface area contributed by atoms with Gasteiger partial charge in [0.1, 0.15) is 11.6 Å². The van der Waals surface area contributed by atoms with Gasteiger partial charge in [0.25, 0.3) is 0 Å². The van der Waals surface area contributed by atoms with Gasteiger partial charge in [0.15, 0.2) is 0 Å². The first-order valence-corrected chi connectivity index (χ1v) is 6.35. The Balaban J connectivity index is 2.56. The van der Waals surface area contributed by atoms with Crippen molar-refractivity contribution in [1.29, 1.82) is 0 Å². The predicted molar refractivity (Wildman–Crippen MR) is 71.3 cm³/mol. The van der Waals surface area contributed by atoms with E-state index >= 15 is 0 Å². The average Bonchev–Trinajstić information content (AvgIpc) is 2.41. The van der Waals surface area contributed by atoms with Gasteiger partial charge in [-0.3, -0.25) is 0 Å². The normalized spacial score (nSPS) is 11.4. The van der Waals surface area contributed by atoms with Crippen molar-refractivity contribution < 1.29 is 17.9 Å².